The van der Waals surface area contributed by atoms with Crippen molar-refractivity contribution in [3.05, 3.63) is 64.9 Å². The molecule has 1 aliphatic carbocycles. The highest BCUT2D eigenvalue weighted by molar-refractivity contribution is 6.12. The normalized spacial score (nSPS) is 24.3. The molecule has 0 aromatic heterocycles. The summed E-state index contributed by atoms with van der Waals surface area (Å²) < 4.78 is 0. The van der Waals surface area contributed by atoms with Crippen molar-refractivity contribution in [3.8, 4) is 0 Å². The van der Waals surface area contributed by atoms with Crippen molar-refractivity contribution in [2.24, 2.45) is 22.7 Å². The first-order valence-electron chi connectivity index (χ1n) is 10.7. The predicted molar refractivity (Wildman–Crippen MR) is 121 cm³/mol. The van der Waals surface area contributed by atoms with Gasteiger partial charge in [0.05, 0.1) is 11.6 Å². The van der Waals surface area contributed by atoms with E-state index in [1.54, 1.807) is 17.1 Å². The lowest BCUT2D eigenvalue weighted by Crippen LogP contribution is -2.34. The number of amides is 3. The van der Waals surface area contributed by atoms with E-state index in [0.29, 0.717) is 12.3 Å². The molecule has 2 aliphatic heterocycles. The van der Waals surface area contributed by atoms with Crippen LogP contribution in [0.25, 0.3) is 0 Å². The Hall–Kier alpha value is -3.28. The van der Waals surface area contributed by atoms with E-state index >= 15 is 0 Å². The highest BCUT2D eigenvalue weighted by Gasteiger charge is 2.35. The molecule has 3 aliphatic rings. The molecule has 0 saturated carbocycles. The van der Waals surface area contributed by atoms with E-state index in [2.05, 4.69) is 24.2 Å². The lowest BCUT2D eigenvalue weighted by atomic mass is 9.82. The third-order valence-electron chi connectivity index (χ3n) is 6.20. The first-order chi connectivity index (χ1) is 14.7. The van der Waals surface area contributed by atoms with Gasteiger partial charge in [0.25, 0.3) is 5.91 Å². The van der Waals surface area contributed by atoms with Gasteiger partial charge in [-0.2, -0.15) is 0 Å². The molecule has 6 heteroatoms. The molecule has 1 aromatic carbocycles. The second kappa shape index (κ2) is 8.10. The topological polar surface area (TPSA) is 78.8 Å². The van der Waals surface area contributed by atoms with Gasteiger partial charge in [0.15, 0.2) is 0 Å². The second-order valence-electron chi connectivity index (χ2n) is 8.77. The SMILES string of the molecule is Cc1ccc(N2CC(C(=O)N=C3C=CC4C(=C3)NC(=O)C=C4C(C)C)CC2=O)cc1C. The van der Waals surface area contributed by atoms with Crippen LogP contribution in [0.2, 0.25) is 0 Å². The van der Waals surface area contributed by atoms with Crippen LogP contribution in [0.3, 0.4) is 0 Å². The van der Waals surface area contributed by atoms with Gasteiger partial charge in [-0.15, -0.1) is 0 Å². The van der Waals surface area contributed by atoms with Gasteiger partial charge < -0.3 is 10.2 Å². The molecule has 0 radical (unpaired) electrons. The van der Waals surface area contributed by atoms with Gasteiger partial charge >= 0.3 is 0 Å². The van der Waals surface area contributed by atoms with E-state index in [4.69, 9.17) is 0 Å². The molecule has 2 heterocycles. The maximum absolute atomic E-state index is 12.8. The number of carbonyl (C=O) groups is 3. The Morgan fingerprint density at radius 1 is 1.16 bits per heavy atom. The van der Waals surface area contributed by atoms with Crippen molar-refractivity contribution in [2.75, 3.05) is 11.4 Å². The first kappa shape index (κ1) is 21.0. The van der Waals surface area contributed by atoms with Gasteiger partial charge in [-0.05, 0) is 60.8 Å². The van der Waals surface area contributed by atoms with Crippen LogP contribution >= 0.6 is 0 Å². The van der Waals surface area contributed by atoms with Crippen molar-refractivity contribution in [1.82, 2.24) is 5.32 Å². The van der Waals surface area contributed by atoms with Gasteiger partial charge in [0.1, 0.15) is 0 Å². The molecule has 1 fully saturated rings. The van der Waals surface area contributed by atoms with Gasteiger partial charge in [-0.1, -0.05) is 26.0 Å². The van der Waals surface area contributed by atoms with Crippen LogP contribution in [-0.2, 0) is 14.4 Å². The van der Waals surface area contributed by atoms with E-state index < -0.39 is 5.92 Å². The molecular weight excluding hydrogens is 390 g/mol. The molecule has 160 valence electrons. The van der Waals surface area contributed by atoms with Crippen LogP contribution in [0.1, 0.15) is 31.4 Å². The lowest BCUT2D eigenvalue weighted by Gasteiger charge is -2.29. The van der Waals surface area contributed by atoms with E-state index in [9.17, 15) is 14.4 Å². The van der Waals surface area contributed by atoms with E-state index in [-0.39, 0.29) is 36.0 Å². The molecule has 0 bridgehead atoms. The molecule has 3 amide bonds. The molecule has 2 unspecified atom stereocenters. The molecule has 1 N–H and O–H groups in total. The largest absolute Gasteiger partial charge is 0.325 e. The molecule has 6 nitrogen and oxygen atoms in total. The highest BCUT2D eigenvalue weighted by Crippen LogP contribution is 2.32. The van der Waals surface area contributed by atoms with Crippen LogP contribution in [0.4, 0.5) is 5.69 Å². The predicted octanol–water partition coefficient (Wildman–Crippen LogP) is 3.41. The molecule has 2 atom stereocenters. The fourth-order valence-electron chi connectivity index (χ4n) is 4.25. The summed E-state index contributed by atoms with van der Waals surface area (Å²) in [5.41, 5.74) is 5.37. The van der Waals surface area contributed by atoms with Crippen LogP contribution in [-0.4, -0.2) is 30.0 Å². The van der Waals surface area contributed by atoms with Gasteiger partial charge in [-0.25, -0.2) is 4.99 Å². The summed E-state index contributed by atoms with van der Waals surface area (Å²) in [6.07, 6.45) is 7.34. The highest BCUT2D eigenvalue weighted by atomic mass is 16.2. The average molecular weight is 418 g/mol. The lowest BCUT2D eigenvalue weighted by molar-refractivity contribution is -0.123. The number of nitrogens with zero attached hydrogens (tertiary/aromatic N) is 2. The maximum Gasteiger partial charge on any atom is 0.251 e. The minimum absolute atomic E-state index is 0.0000730. The average Bonchev–Trinajstić information content (AvgIpc) is 3.11. The van der Waals surface area contributed by atoms with E-state index in [1.165, 1.54) is 0 Å². The Bertz CT molecular complexity index is 1090. The molecule has 1 aromatic rings. The number of nitrogens with one attached hydrogen (secondary N) is 1. The Labute approximate surface area is 182 Å². The number of aryl methyl sites for hydroxylation is 2. The quantitative estimate of drug-likeness (QED) is 0.819. The first-order valence-corrected chi connectivity index (χ1v) is 10.7. The monoisotopic (exact) mass is 417 g/mol. The third kappa shape index (κ3) is 4.15. The summed E-state index contributed by atoms with van der Waals surface area (Å²) in [5.74, 6) is -0.761. The fraction of sp³-hybridized carbons (Fsp3) is 0.360. The van der Waals surface area contributed by atoms with Gasteiger partial charge in [0, 0.05) is 36.3 Å². The zero-order chi connectivity index (χ0) is 22.3. The number of aliphatic imine (C=N–C) groups is 1. The number of hydrogen-bond donors (Lipinski definition) is 1. The number of anilines is 1. The number of rotatable bonds is 3. The van der Waals surface area contributed by atoms with E-state index in [0.717, 1.165) is 28.1 Å². The van der Waals surface area contributed by atoms with Crippen molar-refractivity contribution >= 4 is 29.1 Å². The molecule has 0 spiro atoms. The van der Waals surface area contributed by atoms with Crippen molar-refractivity contribution in [2.45, 2.75) is 34.1 Å². The fourth-order valence-corrected chi connectivity index (χ4v) is 4.25. The number of fused-ring (bicyclic) bond motifs is 1. The molecule has 1 saturated heterocycles. The molecule has 4 rings (SSSR count). The summed E-state index contributed by atoms with van der Waals surface area (Å²) in [6, 6.07) is 5.88. The number of benzene rings is 1. The maximum atomic E-state index is 12.8. The summed E-state index contributed by atoms with van der Waals surface area (Å²) in [5, 5.41) is 2.86. The molecule has 31 heavy (non-hydrogen) atoms. The second-order valence-corrected chi connectivity index (χ2v) is 8.77. The summed E-state index contributed by atoms with van der Waals surface area (Å²) in [6.45, 7) is 8.48. The minimum Gasteiger partial charge on any atom is -0.325 e. The zero-order valence-electron chi connectivity index (χ0n) is 18.3. The van der Waals surface area contributed by atoms with Crippen LogP contribution in [0.5, 0.6) is 0 Å². The smallest absolute Gasteiger partial charge is 0.251 e. The van der Waals surface area contributed by atoms with Gasteiger partial charge in [0.2, 0.25) is 11.8 Å². The van der Waals surface area contributed by atoms with Crippen molar-refractivity contribution in [1.29, 1.82) is 0 Å². The van der Waals surface area contributed by atoms with E-state index in [1.807, 2.05) is 44.2 Å². The minimum atomic E-state index is -0.474. The number of allylic oxidation sites excluding steroid dienone is 3. The van der Waals surface area contributed by atoms with Crippen molar-refractivity contribution < 1.29 is 14.4 Å². The summed E-state index contributed by atoms with van der Waals surface area (Å²) >= 11 is 0. The van der Waals surface area contributed by atoms with Crippen LogP contribution in [0.15, 0.2) is 58.8 Å². The Balaban J connectivity index is 1.50. The van der Waals surface area contributed by atoms with Crippen molar-refractivity contribution in [3.63, 3.8) is 0 Å². The third-order valence-corrected chi connectivity index (χ3v) is 6.20. The summed E-state index contributed by atoms with van der Waals surface area (Å²) in [7, 11) is 0. The Morgan fingerprint density at radius 2 is 1.94 bits per heavy atom. The number of hydrogen-bond acceptors (Lipinski definition) is 3. The standard InChI is InChI=1S/C25H27N3O3/c1-14(2)21-12-23(29)27-22-11-18(6-8-20(21)22)26-25(31)17-10-24(30)28(13-17)19-7-5-15(3)16(4)9-19/h5-9,11-12,14,17,20H,10,13H2,1-4H3,(H,27,29). The summed E-state index contributed by atoms with van der Waals surface area (Å²) in [4.78, 5) is 43.3. The Morgan fingerprint density at radius 3 is 2.65 bits per heavy atom. The molecular formula is C25H27N3O3. The Kier molecular flexibility index (Phi) is 5.48. The van der Waals surface area contributed by atoms with Crippen LogP contribution < -0.4 is 10.2 Å². The number of carbonyl (C=O) groups excluding carboxylic acids is 3. The zero-order valence-corrected chi connectivity index (χ0v) is 18.3. The van der Waals surface area contributed by atoms with Gasteiger partial charge in [-0.3, -0.25) is 14.4 Å². The van der Waals surface area contributed by atoms with Crippen LogP contribution in [0, 0.1) is 31.6 Å².